The average Bonchev–Trinajstić information content (AvgIpc) is 2.76. The quantitative estimate of drug-likeness (QED) is 0.800. The van der Waals surface area contributed by atoms with Gasteiger partial charge in [0, 0.05) is 12.6 Å². The summed E-state index contributed by atoms with van der Waals surface area (Å²) in [6.07, 6.45) is 2.26. The highest BCUT2D eigenvalue weighted by atomic mass is 32.2. The SMILES string of the molecule is Cc1ccc([C@H]2CCCN2[S@@](=O)C(C)(C)C)cc1. The molecular formula is C15H23NOS. The van der Waals surface area contributed by atoms with E-state index in [-0.39, 0.29) is 4.75 Å². The molecule has 0 amide bonds. The summed E-state index contributed by atoms with van der Waals surface area (Å²) in [5.41, 5.74) is 2.58. The van der Waals surface area contributed by atoms with Gasteiger partial charge < -0.3 is 0 Å². The van der Waals surface area contributed by atoms with Crippen molar-refractivity contribution in [3.8, 4) is 0 Å². The van der Waals surface area contributed by atoms with E-state index in [0.717, 1.165) is 19.4 Å². The second kappa shape index (κ2) is 5.14. The van der Waals surface area contributed by atoms with Gasteiger partial charge in [0.15, 0.2) is 0 Å². The molecule has 0 saturated carbocycles. The fourth-order valence-corrected chi connectivity index (χ4v) is 3.87. The number of benzene rings is 1. The first-order valence-electron chi connectivity index (χ1n) is 6.65. The van der Waals surface area contributed by atoms with Crippen molar-refractivity contribution in [2.45, 2.75) is 51.3 Å². The normalized spacial score (nSPS) is 23.2. The molecule has 1 aliphatic rings. The first kappa shape index (κ1) is 13.8. The summed E-state index contributed by atoms with van der Waals surface area (Å²) < 4.78 is 14.6. The van der Waals surface area contributed by atoms with Crippen molar-refractivity contribution < 1.29 is 4.21 Å². The van der Waals surface area contributed by atoms with Gasteiger partial charge in [-0.3, -0.25) is 0 Å². The van der Waals surface area contributed by atoms with Crippen molar-refractivity contribution in [1.82, 2.24) is 4.31 Å². The fraction of sp³-hybridized carbons (Fsp3) is 0.600. The molecule has 2 atom stereocenters. The Balaban J connectivity index is 2.22. The van der Waals surface area contributed by atoms with Crippen LogP contribution in [0, 0.1) is 6.92 Å². The van der Waals surface area contributed by atoms with Crippen LogP contribution in [-0.2, 0) is 11.0 Å². The first-order chi connectivity index (χ1) is 8.39. The molecule has 2 rings (SSSR count). The zero-order valence-electron chi connectivity index (χ0n) is 11.8. The molecule has 0 spiro atoms. The van der Waals surface area contributed by atoms with Crippen LogP contribution < -0.4 is 0 Å². The van der Waals surface area contributed by atoms with E-state index in [4.69, 9.17) is 0 Å². The standard InChI is InChI=1S/C15H23NOS/c1-12-7-9-13(10-8-12)14-6-5-11-16(14)18(17)15(2,3)4/h7-10,14H,5-6,11H2,1-4H3/t14-,18+/m1/s1. The third kappa shape index (κ3) is 2.83. The lowest BCUT2D eigenvalue weighted by molar-refractivity contribution is 0.416. The smallest absolute Gasteiger partial charge is 0.100 e. The third-order valence-electron chi connectivity index (χ3n) is 3.40. The van der Waals surface area contributed by atoms with Crippen LogP contribution in [-0.4, -0.2) is 19.8 Å². The molecule has 3 heteroatoms. The fourth-order valence-electron chi connectivity index (χ4n) is 2.41. The van der Waals surface area contributed by atoms with Crippen molar-refractivity contribution in [1.29, 1.82) is 0 Å². The monoisotopic (exact) mass is 265 g/mol. The number of hydrogen-bond donors (Lipinski definition) is 0. The Morgan fingerprint density at radius 2 is 1.83 bits per heavy atom. The zero-order valence-corrected chi connectivity index (χ0v) is 12.6. The van der Waals surface area contributed by atoms with Crippen LogP contribution in [0.1, 0.15) is 50.8 Å². The average molecular weight is 265 g/mol. The molecule has 1 aromatic rings. The molecule has 0 aliphatic carbocycles. The maximum absolute atomic E-state index is 12.6. The van der Waals surface area contributed by atoms with Gasteiger partial charge in [-0.2, -0.15) is 0 Å². The van der Waals surface area contributed by atoms with Crippen LogP contribution in [0.5, 0.6) is 0 Å². The predicted octanol–water partition coefficient (Wildman–Crippen LogP) is 3.59. The molecule has 2 nitrogen and oxygen atoms in total. The highest BCUT2D eigenvalue weighted by Crippen LogP contribution is 2.35. The van der Waals surface area contributed by atoms with Gasteiger partial charge in [0.2, 0.25) is 0 Å². The molecule has 1 saturated heterocycles. The molecule has 1 heterocycles. The minimum absolute atomic E-state index is 0.173. The number of hydrogen-bond acceptors (Lipinski definition) is 1. The molecule has 0 aromatic heterocycles. The topological polar surface area (TPSA) is 20.3 Å². The Hall–Kier alpha value is -0.670. The molecule has 100 valence electrons. The Bertz CT molecular complexity index is 433. The number of nitrogens with zero attached hydrogens (tertiary/aromatic N) is 1. The van der Waals surface area contributed by atoms with Crippen molar-refractivity contribution >= 4 is 11.0 Å². The maximum Gasteiger partial charge on any atom is 0.100 e. The second-order valence-electron chi connectivity index (χ2n) is 6.07. The summed E-state index contributed by atoms with van der Waals surface area (Å²) in [7, 11) is -0.915. The van der Waals surface area contributed by atoms with Gasteiger partial charge in [-0.05, 0) is 46.1 Å². The summed E-state index contributed by atoms with van der Waals surface area (Å²) in [5, 5.41) is 0. The van der Waals surface area contributed by atoms with Crippen LogP contribution in [0.2, 0.25) is 0 Å². The molecule has 1 fully saturated rings. The first-order valence-corrected chi connectivity index (χ1v) is 7.75. The summed E-state index contributed by atoms with van der Waals surface area (Å²) in [5.74, 6) is 0. The van der Waals surface area contributed by atoms with E-state index in [1.165, 1.54) is 11.1 Å². The van der Waals surface area contributed by atoms with Crippen molar-refractivity contribution in [3.05, 3.63) is 35.4 Å². The van der Waals surface area contributed by atoms with Gasteiger partial charge in [-0.15, -0.1) is 0 Å². The van der Waals surface area contributed by atoms with Gasteiger partial charge in [-0.25, -0.2) is 8.51 Å². The summed E-state index contributed by atoms with van der Waals surface area (Å²) >= 11 is 0. The summed E-state index contributed by atoms with van der Waals surface area (Å²) in [6, 6.07) is 8.97. The highest BCUT2D eigenvalue weighted by molar-refractivity contribution is 7.84. The van der Waals surface area contributed by atoms with E-state index in [2.05, 4.69) is 35.5 Å². The van der Waals surface area contributed by atoms with E-state index < -0.39 is 11.0 Å². The largest absolute Gasteiger partial charge is 0.242 e. The number of rotatable bonds is 2. The Morgan fingerprint density at radius 1 is 1.22 bits per heavy atom. The zero-order chi connectivity index (χ0) is 13.3. The minimum Gasteiger partial charge on any atom is -0.242 e. The Morgan fingerprint density at radius 3 is 2.39 bits per heavy atom. The lowest BCUT2D eigenvalue weighted by Crippen LogP contribution is -2.37. The van der Waals surface area contributed by atoms with E-state index >= 15 is 0 Å². The van der Waals surface area contributed by atoms with Gasteiger partial charge >= 0.3 is 0 Å². The molecule has 0 radical (unpaired) electrons. The molecule has 18 heavy (non-hydrogen) atoms. The van der Waals surface area contributed by atoms with E-state index in [1.54, 1.807) is 0 Å². The van der Waals surface area contributed by atoms with Gasteiger partial charge in [0.25, 0.3) is 0 Å². The third-order valence-corrected chi connectivity index (χ3v) is 5.31. The van der Waals surface area contributed by atoms with Crippen molar-refractivity contribution in [3.63, 3.8) is 0 Å². The van der Waals surface area contributed by atoms with Crippen molar-refractivity contribution in [2.24, 2.45) is 0 Å². The van der Waals surface area contributed by atoms with Crippen LogP contribution >= 0.6 is 0 Å². The van der Waals surface area contributed by atoms with Crippen LogP contribution in [0.25, 0.3) is 0 Å². The highest BCUT2D eigenvalue weighted by Gasteiger charge is 2.35. The van der Waals surface area contributed by atoms with Crippen LogP contribution in [0.3, 0.4) is 0 Å². The van der Waals surface area contributed by atoms with E-state index in [1.807, 2.05) is 20.8 Å². The molecule has 0 unspecified atom stereocenters. The lowest BCUT2D eigenvalue weighted by Gasteiger charge is -2.30. The van der Waals surface area contributed by atoms with Crippen molar-refractivity contribution in [2.75, 3.05) is 6.54 Å². The maximum atomic E-state index is 12.6. The second-order valence-corrected chi connectivity index (χ2v) is 8.26. The van der Waals surface area contributed by atoms with Gasteiger partial charge in [0.1, 0.15) is 11.0 Å². The Labute approximate surface area is 113 Å². The number of aryl methyl sites for hydroxylation is 1. The van der Waals surface area contributed by atoms with Crippen LogP contribution in [0.15, 0.2) is 24.3 Å². The summed E-state index contributed by atoms with van der Waals surface area (Å²) in [6.45, 7) is 9.20. The Kier molecular flexibility index (Phi) is 3.93. The molecule has 1 aromatic carbocycles. The lowest BCUT2D eigenvalue weighted by atomic mass is 10.0. The molecule has 0 N–H and O–H groups in total. The molecule has 1 aliphatic heterocycles. The summed E-state index contributed by atoms with van der Waals surface area (Å²) in [4.78, 5) is 0. The van der Waals surface area contributed by atoms with Crippen LogP contribution in [0.4, 0.5) is 0 Å². The predicted molar refractivity (Wildman–Crippen MR) is 77.8 cm³/mol. The molecule has 0 bridgehead atoms. The molecular weight excluding hydrogens is 242 g/mol. The van der Waals surface area contributed by atoms with E-state index in [9.17, 15) is 4.21 Å². The minimum atomic E-state index is -0.915. The van der Waals surface area contributed by atoms with Gasteiger partial charge in [0.05, 0.1) is 4.75 Å². The van der Waals surface area contributed by atoms with E-state index in [0.29, 0.717) is 6.04 Å². The van der Waals surface area contributed by atoms with Gasteiger partial charge in [-0.1, -0.05) is 29.8 Å².